The first kappa shape index (κ1) is 12.9. The van der Waals surface area contributed by atoms with Gasteiger partial charge >= 0.3 is 5.97 Å². The van der Waals surface area contributed by atoms with Crippen molar-refractivity contribution in [2.75, 3.05) is 5.32 Å². The Morgan fingerprint density at radius 1 is 1.37 bits per heavy atom. The van der Waals surface area contributed by atoms with Gasteiger partial charge in [-0.1, -0.05) is 6.07 Å². The first-order valence-corrected chi connectivity index (χ1v) is 5.79. The van der Waals surface area contributed by atoms with Crippen LogP contribution < -0.4 is 5.32 Å². The van der Waals surface area contributed by atoms with Crippen LogP contribution in [0.15, 0.2) is 24.5 Å². The molecule has 2 N–H and O–H groups in total. The number of carboxylic acid groups (broad SMARTS) is 1. The molecule has 2 heterocycles. The Balaban J connectivity index is 2.11. The summed E-state index contributed by atoms with van der Waals surface area (Å²) < 4.78 is 0. The van der Waals surface area contributed by atoms with Gasteiger partial charge in [0.25, 0.3) is 0 Å². The van der Waals surface area contributed by atoms with Crippen LogP contribution in [0.25, 0.3) is 0 Å². The summed E-state index contributed by atoms with van der Waals surface area (Å²) in [6.45, 7) is 4.12. The van der Waals surface area contributed by atoms with Crippen LogP contribution in [0.3, 0.4) is 0 Å². The number of carboxylic acids is 1. The van der Waals surface area contributed by atoms with E-state index in [4.69, 9.17) is 5.11 Å². The maximum absolute atomic E-state index is 10.8. The number of aromatic carboxylic acids is 1. The Bertz CT molecular complexity index is 613. The second-order valence-electron chi connectivity index (χ2n) is 4.12. The lowest BCUT2D eigenvalue weighted by atomic mass is 10.2. The number of rotatable bonds is 4. The molecule has 0 fully saturated rings. The van der Waals surface area contributed by atoms with E-state index in [-0.39, 0.29) is 5.56 Å². The summed E-state index contributed by atoms with van der Waals surface area (Å²) in [6, 6.07) is 3.85. The van der Waals surface area contributed by atoms with E-state index >= 15 is 0 Å². The van der Waals surface area contributed by atoms with Crippen LogP contribution in [0.4, 0.5) is 5.95 Å². The Morgan fingerprint density at radius 2 is 2.16 bits per heavy atom. The normalized spacial score (nSPS) is 10.2. The molecule has 19 heavy (non-hydrogen) atoms. The molecule has 6 heteroatoms. The van der Waals surface area contributed by atoms with E-state index in [0.717, 1.165) is 11.3 Å². The molecule has 2 aromatic rings. The molecule has 2 aromatic heterocycles. The molecule has 0 atom stereocenters. The summed E-state index contributed by atoms with van der Waals surface area (Å²) in [5.74, 6) is -0.628. The summed E-state index contributed by atoms with van der Waals surface area (Å²) in [6.07, 6.45) is 3.03. The van der Waals surface area contributed by atoms with Crippen molar-refractivity contribution in [3.63, 3.8) is 0 Å². The number of aromatic nitrogens is 3. The molecule has 98 valence electrons. The maximum atomic E-state index is 10.8. The second kappa shape index (κ2) is 5.43. The fourth-order valence-corrected chi connectivity index (χ4v) is 1.63. The summed E-state index contributed by atoms with van der Waals surface area (Å²) in [7, 11) is 0. The monoisotopic (exact) mass is 258 g/mol. The highest BCUT2D eigenvalue weighted by Gasteiger charge is 2.09. The van der Waals surface area contributed by atoms with Crippen LogP contribution in [0.1, 0.15) is 27.3 Å². The second-order valence-corrected chi connectivity index (χ2v) is 4.12. The van der Waals surface area contributed by atoms with Crippen LogP contribution in [0, 0.1) is 13.8 Å². The number of pyridine rings is 1. The quantitative estimate of drug-likeness (QED) is 0.869. The van der Waals surface area contributed by atoms with Gasteiger partial charge < -0.3 is 10.4 Å². The van der Waals surface area contributed by atoms with Gasteiger partial charge in [0.15, 0.2) is 0 Å². The number of aryl methyl sites for hydroxylation is 2. The van der Waals surface area contributed by atoms with Gasteiger partial charge in [-0.3, -0.25) is 4.98 Å². The van der Waals surface area contributed by atoms with Crippen molar-refractivity contribution in [1.82, 2.24) is 15.0 Å². The molecule has 0 saturated carbocycles. The van der Waals surface area contributed by atoms with Crippen LogP contribution in [0.2, 0.25) is 0 Å². The van der Waals surface area contributed by atoms with Crippen molar-refractivity contribution in [2.24, 2.45) is 0 Å². The Kier molecular flexibility index (Phi) is 3.70. The molecule has 0 radical (unpaired) electrons. The van der Waals surface area contributed by atoms with Gasteiger partial charge in [0.2, 0.25) is 5.95 Å². The summed E-state index contributed by atoms with van der Waals surface area (Å²) in [4.78, 5) is 23.2. The minimum Gasteiger partial charge on any atom is -0.478 e. The Morgan fingerprint density at radius 3 is 2.79 bits per heavy atom. The number of hydrogen-bond acceptors (Lipinski definition) is 5. The van der Waals surface area contributed by atoms with Crippen LogP contribution >= 0.6 is 0 Å². The third kappa shape index (κ3) is 3.04. The number of anilines is 1. The van der Waals surface area contributed by atoms with Gasteiger partial charge in [-0.25, -0.2) is 14.8 Å². The molecule has 0 bridgehead atoms. The molecule has 6 nitrogen and oxygen atoms in total. The van der Waals surface area contributed by atoms with Gasteiger partial charge in [0, 0.05) is 12.4 Å². The first-order valence-electron chi connectivity index (χ1n) is 5.79. The molecule has 0 saturated heterocycles. The Hall–Kier alpha value is -2.50. The highest BCUT2D eigenvalue weighted by Crippen LogP contribution is 2.09. The number of carbonyl (C=O) groups is 1. The molecule has 0 amide bonds. The standard InChI is InChI=1S/C13H14N4O2/c1-8-4-3-5-14-11(8)7-16-13-15-6-10(12(18)19)9(2)17-13/h3-6H,7H2,1-2H3,(H,18,19)(H,15,16,17). The lowest BCUT2D eigenvalue weighted by molar-refractivity contribution is 0.0695. The summed E-state index contributed by atoms with van der Waals surface area (Å²) >= 11 is 0. The molecule has 0 aliphatic heterocycles. The number of nitrogens with zero attached hydrogens (tertiary/aromatic N) is 3. The van der Waals surface area contributed by atoms with E-state index in [0.29, 0.717) is 18.2 Å². The summed E-state index contributed by atoms with van der Waals surface area (Å²) in [5, 5.41) is 11.9. The van der Waals surface area contributed by atoms with E-state index < -0.39 is 5.97 Å². The zero-order chi connectivity index (χ0) is 13.8. The lowest BCUT2D eigenvalue weighted by Gasteiger charge is -2.07. The van der Waals surface area contributed by atoms with Crippen molar-refractivity contribution in [1.29, 1.82) is 0 Å². The molecule has 0 aromatic carbocycles. The minimum atomic E-state index is -1.02. The van der Waals surface area contributed by atoms with Gasteiger partial charge in [-0.05, 0) is 25.5 Å². The van der Waals surface area contributed by atoms with Crippen molar-refractivity contribution in [3.8, 4) is 0 Å². The van der Waals surface area contributed by atoms with Crippen molar-refractivity contribution < 1.29 is 9.90 Å². The molecule has 0 aliphatic rings. The predicted octanol–water partition coefficient (Wildman–Crippen LogP) is 1.80. The van der Waals surface area contributed by atoms with Crippen LogP contribution in [-0.2, 0) is 6.54 Å². The van der Waals surface area contributed by atoms with Crippen LogP contribution in [-0.4, -0.2) is 26.0 Å². The third-order valence-electron chi connectivity index (χ3n) is 2.74. The van der Waals surface area contributed by atoms with E-state index in [1.165, 1.54) is 6.20 Å². The molecule has 0 unspecified atom stereocenters. The maximum Gasteiger partial charge on any atom is 0.339 e. The SMILES string of the molecule is Cc1cccnc1CNc1ncc(C(=O)O)c(C)n1. The molecular weight excluding hydrogens is 244 g/mol. The first-order chi connectivity index (χ1) is 9.08. The fraction of sp³-hybridized carbons (Fsp3) is 0.231. The van der Waals surface area contributed by atoms with Gasteiger partial charge in [-0.15, -0.1) is 0 Å². The topological polar surface area (TPSA) is 88.0 Å². The zero-order valence-electron chi connectivity index (χ0n) is 10.7. The number of nitrogens with one attached hydrogen (secondary N) is 1. The zero-order valence-corrected chi connectivity index (χ0v) is 10.7. The molecule has 0 aliphatic carbocycles. The van der Waals surface area contributed by atoms with Crippen molar-refractivity contribution in [3.05, 3.63) is 47.0 Å². The smallest absolute Gasteiger partial charge is 0.339 e. The van der Waals surface area contributed by atoms with E-state index in [1.807, 2.05) is 19.1 Å². The van der Waals surface area contributed by atoms with Crippen molar-refractivity contribution in [2.45, 2.75) is 20.4 Å². The van der Waals surface area contributed by atoms with E-state index in [9.17, 15) is 4.79 Å². The largest absolute Gasteiger partial charge is 0.478 e. The van der Waals surface area contributed by atoms with E-state index in [1.54, 1.807) is 13.1 Å². The predicted molar refractivity (Wildman–Crippen MR) is 70.0 cm³/mol. The van der Waals surface area contributed by atoms with Crippen molar-refractivity contribution >= 4 is 11.9 Å². The average molecular weight is 258 g/mol. The van der Waals surface area contributed by atoms with Gasteiger partial charge in [0.05, 0.1) is 23.5 Å². The fourth-order valence-electron chi connectivity index (χ4n) is 1.63. The average Bonchev–Trinajstić information content (AvgIpc) is 2.37. The molecular formula is C13H14N4O2. The highest BCUT2D eigenvalue weighted by atomic mass is 16.4. The third-order valence-corrected chi connectivity index (χ3v) is 2.74. The number of hydrogen-bond donors (Lipinski definition) is 2. The summed E-state index contributed by atoms with van der Waals surface area (Å²) in [5.41, 5.74) is 2.53. The minimum absolute atomic E-state index is 0.111. The molecule has 0 spiro atoms. The van der Waals surface area contributed by atoms with Gasteiger partial charge in [-0.2, -0.15) is 0 Å². The van der Waals surface area contributed by atoms with Gasteiger partial charge in [0.1, 0.15) is 0 Å². The molecule has 2 rings (SSSR count). The van der Waals surface area contributed by atoms with E-state index in [2.05, 4.69) is 20.3 Å². The van der Waals surface area contributed by atoms with Crippen LogP contribution in [0.5, 0.6) is 0 Å². The Labute approximate surface area is 110 Å². The highest BCUT2D eigenvalue weighted by molar-refractivity contribution is 5.88. The lowest BCUT2D eigenvalue weighted by Crippen LogP contribution is -2.09.